The van der Waals surface area contributed by atoms with Crippen LogP contribution in [0.15, 0.2) is 61.6 Å². The van der Waals surface area contributed by atoms with Crippen molar-refractivity contribution in [3.63, 3.8) is 0 Å². The number of nitrogens with zero attached hydrogens (tertiary/aromatic N) is 1. The zero-order valence-electron chi connectivity index (χ0n) is 20.0. The van der Waals surface area contributed by atoms with Crippen LogP contribution < -0.4 is 21.7 Å². The van der Waals surface area contributed by atoms with Crippen LogP contribution in [0.25, 0.3) is 41.7 Å². The molecule has 0 unspecified atom stereocenters. The van der Waals surface area contributed by atoms with Gasteiger partial charge >= 0.3 is 6.09 Å². The minimum Gasteiger partial charge on any atom is -0.465 e. The smallest absolute Gasteiger partial charge is 0.407 e. The van der Waals surface area contributed by atoms with E-state index < -0.39 is 22.5 Å². The van der Waals surface area contributed by atoms with Crippen molar-refractivity contribution in [1.29, 1.82) is 0 Å². The second kappa shape index (κ2) is 8.34. The summed E-state index contributed by atoms with van der Waals surface area (Å²) in [4.78, 5) is 66.3. The third kappa shape index (κ3) is 3.60. The Morgan fingerprint density at radius 1 is 0.806 bits per heavy atom. The number of aryl methyl sites for hydroxylation is 1. The lowest BCUT2D eigenvalue weighted by molar-refractivity contribution is 0.0996. The van der Waals surface area contributed by atoms with Crippen LogP contribution in [0.4, 0.5) is 4.79 Å². The lowest BCUT2D eigenvalue weighted by atomic mass is 9.99. The zero-order chi connectivity index (χ0) is 25.9. The first-order valence-corrected chi connectivity index (χ1v) is 12.4. The van der Waals surface area contributed by atoms with E-state index in [1.54, 1.807) is 42.5 Å². The van der Waals surface area contributed by atoms with Gasteiger partial charge in [-0.15, -0.1) is 11.3 Å². The number of thiophene rings is 1. The van der Waals surface area contributed by atoms with E-state index in [-0.39, 0.29) is 52.6 Å². The molecule has 182 valence electrons. The van der Waals surface area contributed by atoms with Crippen LogP contribution in [-0.4, -0.2) is 28.2 Å². The van der Waals surface area contributed by atoms with Crippen LogP contribution in [0.1, 0.15) is 32.8 Å². The van der Waals surface area contributed by atoms with E-state index in [2.05, 4.69) is 0 Å². The van der Waals surface area contributed by atoms with Gasteiger partial charge in [-0.05, 0) is 51.3 Å². The highest BCUT2D eigenvalue weighted by Crippen LogP contribution is 2.29. The third-order valence-electron chi connectivity index (χ3n) is 6.65. The fourth-order valence-electron chi connectivity index (χ4n) is 4.87. The van der Waals surface area contributed by atoms with E-state index >= 15 is 0 Å². The molecule has 0 fully saturated rings. The fraction of sp³-hybridized carbons (Fsp3) is 0.250. The summed E-state index contributed by atoms with van der Waals surface area (Å²) in [7, 11) is 0. The summed E-state index contributed by atoms with van der Waals surface area (Å²) in [6.07, 6.45) is 0.0470. The lowest BCUT2D eigenvalue weighted by Gasteiger charge is -2.33. The molecule has 8 heteroatoms. The molecule has 0 spiro atoms. The second-order valence-corrected chi connectivity index (χ2v) is 11.0. The second-order valence-electron chi connectivity index (χ2n) is 9.96. The SMILES string of the molecule is CC(C)(C)N(CCCc1ccc2c(=O)c3sc4c(=O)c5ccccc5c(=O)c4c3c(=O)c2c1)C(=O)O. The van der Waals surface area contributed by atoms with E-state index in [0.717, 1.165) is 16.9 Å². The van der Waals surface area contributed by atoms with Gasteiger partial charge in [-0.25, -0.2) is 4.79 Å². The molecule has 0 saturated heterocycles. The highest BCUT2D eigenvalue weighted by atomic mass is 32.1. The Morgan fingerprint density at radius 3 is 1.89 bits per heavy atom. The predicted molar refractivity (Wildman–Crippen MR) is 145 cm³/mol. The van der Waals surface area contributed by atoms with Gasteiger partial charge in [0.05, 0.1) is 20.2 Å². The van der Waals surface area contributed by atoms with E-state index in [9.17, 15) is 29.1 Å². The van der Waals surface area contributed by atoms with Gasteiger partial charge in [0.1, 0.15) is 0 Å². The van der Waals surface area contributed by atoms with Crippen LogP contribution in [0, 0.1) is 0 Å². The highest BCUT2D eigenvalue weighted by Gasteiger charge is 2.25. The molecular weight excluding hydrogens is 478 g/mol. The van der Waals surface area contributed by atoms with Crippen molar-refractivity contribution >= 4 is 59.1 Å². The number of hydrogen-bond acceptors (Lipinski definition) is 6. The molecular formula is C28H23NO6S. The number of carbonyl (C=O) groups is 1. The van der Waals surface area contributed by atoms with Crippen molar-refractivity contribution in [3.8, 4) is 0 Å². The quantitative estimate of drug-likeness (QED) is 0.391. The van der Waals surface area contributed by atoms with Gasteiger partial charge in [0, 0.05) is 33.6 Å². The molecule has 1 heterocycles. The monoisotopic (exact) mass is 501 g/mol. The van der Waals surface area contributed by atoms with Gasteiger partial charge in [0.15, 0.2) is 10.9 Å². The largest absolute Gasteiger partial charge is 0.465 e. The average Bonchev–Trinajstić information content (AvgIpc) is 3.24. The van der Waals surface area contributed by atoms with E-state index in [4.69, 9.17) is 0 Å². The maximum absolute atomic E-state index is 13.6. The first kappa shape index (κ1) is 23.8. The van der Waals surface area contributed by atoms with Crippen LogP contribution in [0.2, 0.25) is 0 Å². The van der Waals surface area contributed by atoms with Gasteiger partial charge in [0.25, 0.3) is 0 Å². The molecule has 0 saturated carbocycles. The third-order valence-corrected chi connectivity index (χ3v) is 7.84. The first-order valence-electron chi connectivity index (χ1n) is 11.6. The van der Waals surface area contributed by atoms with Crippen LogP contribution >= 0.6 is 11.3 Å². The maximum Gasteiger partial charge on any atom is 0.407 e. The first-order chi connectivity index (χ1) is 17.0. The number of benzene rings is 4. The van der Waals surface area contributed by atoms with Crippen molar-refractivity contribution < 1.29 is 9.90 Å². The zero-order valence-corrected chi connectivity index (χ0v) is 20.8. The van der Waals surface area contributed by atoms with Gasteiger partial charge in [-0.2, -0.15) is 0 Å². The molecule has 36 heavy (non-hydrogen) atoms. The van der Waals surface area contributed by atoms with Crippen LogP contribution in [0.3, 0.4) is 0 Å². The van der Waals surface area contributed by atoms with Crippen molar-refractivity contribution in [3.05, 3.63) is 88.9 Å². The summed E-state index contributed by atoms with van der Waals surface area (Å²) in [5, 5.41) is 10.5. The summed E-state index contributed by atoms with van der Waals surface area (Å²) >= 11 is 0.913. The van der Waals surface area contributed by atoms with Crippen molar-refractivity contribution in [2.45, 2.75) is 39.2 Å². The highest BCUT2D eigenvalue weighted by molar-refractivity contribution is 7.25. The number of fused-ring (bicyclic) bond motifs is 5. The van der Waals surface area contributed by atoms with E-state index in [1.807, 2.05) is 20.8 Å². The lowest BCUT2D eigenvalue weighted by Crippen LogP contribution is -2.45. The summed E-state index contributed by atoms with van der Waals surface area (Å²) in [6.45, 7) is 5.80. The summed E-state index contributed by atoms with van der Waals surface area (Å²) in [6, 6.07) is 11.5. The topological polar surface area (TPSA) is 109 Å². The minimum atomic E-state index is -0.996. The van der Waals surface area contributed by atoms with Gasteiger partial charge < -0.3 is 10.0 Å². The molecule has 0 aliphatic carbocycles. The van der Waals surface area contributed by atoms with Gasteiger partial charge in [-0.1, -0.05) is 30.3 Å². The molecule has 0 atom stereocenters. The number of carboxylic acid groups (broad SMARTS) is 1. The average molecular weight is 502 g/mol. The number of amides is 1. The fourth-order valence-corrected chi connectivity index (χ4v) is 6.07. The maximum atomic E-state index is 13.6. The summed E-state index contributed by atoms with van der Waals surface area (Å²) < 4.78 is 0.261. The molecule has 0 aliphatic heterocycles. The Balaban J connectivity index is 1.67. The minimum absolute atomic E-state index is 0.0160. The normalized spacial score (nSPS) is 12.2. The summed E-state index contributed by atoms with van der Waals surface area (Å²) in [5.74, 6) is 0. The Kier molecular flexibility index (Phi) is 5.52. The van der Waals surface area contributed by atoms with E-state index in [0.29, 0.717) is 19.4 Å². The molecule has 1 amide bonds. The molecule has 1 aromatic heterocycles. The van der Waals surface area contributed by atoms with Gasteiger partial charge in [-0.3, -0.25) is 19.2 Å². The molecule has 0 aliphatic rings. The number of hydrogen-bond donors (Lipinski definition) is 1. The molecule has 7 nitrogen and oxygen atoms in total. The van der Waals surface area contributed by atoms with Crippen LogP contribution in [0.5, 0.6) is 0 Å². The Morgan fingerprint density at radius 2 is 1.33 bits per heavy atom. The predicted octanol–water partition coefficient (Wildman–Crippen LogP) is 4.39. The standard InChI is InChI=1S/C28H23NO6S/c1-28(2,3)29(27(34)35)12-6-7-14-10-11-17-18(13-14)22(31)20-19-21(30)15-8-4-5-9-16(15)23(32)25(19)36-26(20)24(17)33/h4-5,8-11,13H,6-7,12H2,1-3H3,(H,34,35). The van der Waals surface area contributed by atoms with Crippen LogP contribution in [-0.2, 0) is 6.42 Å². The Labute approximate surface area is 208 Å². The van der Waals surface area contributed by atoms with Crippen molar-refractivity contribution in [2.24, 2.45) is 0 Å². The summed E-state index contributed by atoms with van der Waals surface area (Å²) in [5.41, 5.74) is -1.35. The molecule has 5 aromatic rings. The van der Waals surface area contributed by atoms with Crippen molar-refractivity contribution in [1.82, 2.24) is 4.90 Å². The number of rotatable bonds is 4. The molecule has 4 aromatic carbocycles. The molecule has 0 radical (unpaired) electrons. The van der Waals surface area contributed by atoms with Crippen molar-refractivity contribution in [2.75, 3.05) is 6.54 Å². The molecule has 5 rings (SSSR count). The van der Waals surface area contributed by atoms with Gasteiger partial charge in [0.2, 0.25) is 10.9 Å². The molecule has 1 N–H and O–H groups in total. The Bertz CT molecular complexity index is 1920. The van der Waals surface area contributed by atoms with E-state index in [1.165, 1.54) is 4.90 Å². The Hall–Kier alpha value is -3.91. The molecule has 0 bridgehead atoms.